The first-order valence-electron chi connectivity index (χ1n) is 28.2. The highest BCUT2D eigenvalue weighted by Crippen LogP contribution is 2.28. The Balaban J connectivity index is 0.000000212. The van der Waals surface area contributed by atoms with Gasteiger partial charge in [-0.25, -0.2) is 24.9 Å². The molecule has 0 radical (unpaired) electrons. The standard InChI is InChI=1S/C19H17N.C13H13N.C9H13N.3C7H9N.2C6H8N2/c1-14-13-18(16-9-5-3-6-10-16)20-19(15(14)2)17-11-7-4-8-12-17;1-10-6-7-12(9-11(10)2)13-5-3-4-8-14-13;1-6-5-7(2)10-9(4)8(6)3;2*1-6-3-4-8-5-7(6)2;1-6-4-3-5-8-7(6)2;2*1-5-3-7-4-8-6(5)2/h3-13H,1-2H3;3-9H,1-2H3;5H,1-4H3;3*3-5H,1-2H3;2*3-4H,1-2H3. The Morgan fingerprint density at radius 1 is 0.250 bits per heavy atom. The highest BCUT2D eigenvalue weighted by atomic mass is 14.8. The van der Waals surface area contributed by atoms with Crippen LogP contribution in [0.1, 0.15) is 101 Å². The summed E-state index contributed by atoms with van der Waals surface area (Å²) in [5, 5.41) is 0. The number of aryl methyl sites for hydroxylation is 16. The lowest BCUT2D eigenvalue weighted by Gasteiger charge is -2.11. The third kappa shape index (κ3) is 23.3. The summed E-state index contributed by atoms with van der Waals surface area (Å²) in [6.07, 6.45) is 17.7. The average Bonchev–Trinajstić information content (AvgIpc) is 3.66. The van der Waals surface area contributed by atoms with E-state index in [0.717, 1.165) is 62.2 Å². The molecular formula is C74H86N10. The normalized spacial score (nSPS) is 9.79. The third-order valence-corrected chi connectivity index (χ3v) is 14.2. The van der Waals surface area contributed by atoms with Gasteiger partial charge in [-0.1, -0.05) is 84.9 Å². The molecule has 10 nitrogen and oxygen atoms in total. The SMILES string of the molecule is Cc1cc(-c2ccccc2)nc(-c2ccccc2)c1C.Cc1cc(C)c(C)c(C)n1.Cc1ccc(-c2ccccn2)cc1C.Cc1cccnc1C.Cc1ccncc1C.Cc1ccncc1C.Cc1cncnc1C.Cc1cncnc1C. The van der Waals surface area contributed by atoms with Crippen LogP contribution in [0.3, 0.4) is 0 Å². The molecule has 0 spiro atoms. The molecule has 10 heteroatoms. The first-order valence-corrected chi connectivity index (χ1v) is 28.2. The molecule has 11 rings (SSSR count). The van der Waals surface area contributed by atoms with Gasteiger partial charge < -0.3 is 0 Å². The Kier molecular flexibility index (Phi) is 28.5. The molecule has 0 aliphatic carbocycles. The second-order valence-electron chi connectivity index (χ2n) is 20.7. The molecule has 11 aromatic rings. The van der Waals surface area contributed by atoms with Gasteiger partial charge in [0.1, 0.15) is 12.7 Å². The van der Waals surface area contributed by atoms with Gasteiger partial charge in [0.2, 0.25) is 0 Å². The van der Waals surface area contributed by atoms with Crippen molar-refractivity contribution in [3.63, 3.8) is 0 Å². The van der Waals surface area contributed by atoms with E-state index >= 15 is 0 Å². The lowest BCUT2D eigenvalue weighted by Crippen LogP contribution is -1.95. The predicted octanol–water partition coefficient (Wildman–Crippen LogP) is 18.0. The van der Waals surface area contributed by atoms with Crippen LogP contribution < -0.4 is 0 Å². The Bertz CT molecular complexity index is 3330. The van der Waals surface area contributed by atoms with Gasteiger partial charge in [-0.05, 0) is 245 Å². The minimum atomic E-state index is 1.03. The van der Waals surface area contributed by atoms with Crippen molar-refractivity contribution in [2.45, 2.75) is 125 Å². The molecule has 0 saturated carbocycles. The summed E-state index contributed by atoms with van der Waals surface area (Å²) in [5.41, 5.74) is 28.6. The zero-order valence-corrected chi connectivity index (χ0v) is 52.9. The van der Waals surface area contributed by atoms with Crippen molar-refractivity contribution in [1.82, 2.24) is 49.8 Å². The maximum Gasteiger partial charge on any atom is 0.115 e. The fourth-order valence-corrected chi connectivity index (χ4v) is 7.46. The molecule has 432 valence electrons. The van der Waals surface area contributed by atoms with E-state index in [9.17, 15) is 0 Å². The largest absolute Gasteiger partial charge is 0.264 e. The zero-order chi connectivity index (χ0) is 61.6. The van der Waals surface area contributed by atoms with Crippen LogP contribution in [0.15, 0.2) is 196 Å². The van der Waals surface area contributed by atoms with Gasteiger partial charge >= 0.3 is 0 Å². The molecule has 0 aliphatic heterocycles. The summed E-state index contributed by atoms with van der Waals surface area (Å²) in [5.74, 6) is 0. The van der Waals surface area contributed by atoms with Gasteiger partial charge in [0.15, 0.2) is 0 Å². The number of aromatic nitrogens is 10. The van der Waals surface area contributed by atoms with Gasteiger partial charge in [-0.2, -0.15) is 0 Å². The summed E-state index contributed by atoms with van der Waals surface area (Å²) in [4.78, 5) is 41.1. The maximum absolute atomic E-state index is 4.87. The fraction of sp³-hybridized carbons (Fsp3) is 0.243. The van der Waals surface area contributed by atoms with Gasteiger partial charge in [0.25, 0.3) is 0 Å². The lowest BCUT2D eigenvalue weighted by molar-refractivity contribution is 1.06. The van der Waals surface area contributed by atoms with E-state index in [0.29, 0.717) is 0 Å². The topological polar surface area (TPSA) is 129 Å². The number of pyridine rings is 6. The average molecular weight is 1120 g/mol. The second-order valence-corrected chi connectivity index (χ2v) is 20.7. The minimum absolute atomic E-state index is 1.03. The monoisotopic (exact) mass is 1110 g/mol. The highest BCUT2D eigenvalue weighted by Gasteiger charge is 2.10. The van der Waals surface area contributed by atoms with E-state index in [1.807, 2.05) is 152 Å². The van der Waals surface area contributed by atoms with Crippen LogP contribution in [0.4, 0.5) is 0 Å². The molecule has 0 atom stereocenters. The molecule has 0 unspecified atom stereocenters. The van der Waals surface area contributed by atoms with E-state index in [2.05, 4.69) is 201 Å². The van der Waals surface area contributed by atoms with E-state index in [1.54, 1.807) is 12.7 Å². The molecule has 0 saturated heterocycles. The van der Waals surface area contributed by atoms with Crippen molar-refractivity contribution in [1.29, 1.82) is 0 Å². The smallest absolute Gasteiger partial charge is 0.115 e. The van der Waals surface area contributed by atoms with Crippen LogP contribution >= 0.6 is 0 Å². The Morgan fingerprint density at radius 3 is 1.15 bits per heavy atom. The van der Waals surface area contributed by atoms with Crippen LogP contribution in [0.5, 0.6) is 0 Å². The van der Waals surface area contributed by atoms with Crippen LogP contribution in [0.25, 0.3) is 33.8 Å². The van der Waals surface area contributed by atoms with Crippen molar-refractivity contribution in [3.05, 3.63) is 296 Å². The summed E-state index contributed by atoms with van der Waals surface area (Å²) in [6, 6.07) is 45.4. The molecule has 0 aliphatic rings. The number of nitrogens with zero attached hydrogens (tertiary/aromatic N) is 10. The van der Waals surface area contributed by atoms with Crippen molar-refractivity contribution in [2.75, 3.05) is 0 Å². The van der Waals surface area contributed by atoms with Crippen LogP contribution in [0, 0.1) is 125 Å². The molecule has 0 bridgehead atoms. The number of hydrogen-bond donors (Lipinski definition) is 0. The fourth-order valence-electron chi connectivity index (χ4n) is 7.46. The van der Waals surface area contributed by atoms with E-state index in [4.69, 9.17) is 4.98 Å². The van der Waals surface area contributed by atoms with Crippen LogP contribution in [-0.2, 0) is 0 Å². The Hall–Kier alpha value is -9.28. The minimum Gasteiger partial charge on any atom is -0.264 e. The van der Waals surface area contributed by atoms with Crippen molar-refractivity contribution < 1.29 is 0 Å². The lowest BCUT2D eigenvalue weighted by atomic mass is 10.00. The molecule has 84 heavy (non-hydrogen) atoms. The molecule has 0 N–H and O–H groups in total. The summed E-state index contributed by atoms with van der Waals surface area (Å²) < 4.78 is 0. The van der Waals surface area contributed by atoms with Crippen molar-refractivity contribution >= 4 is 0 Å². The van der Waals surface area contributed by atoms with Crippen LogP contribution in [-0.4, -0.2) is 49.8 Å². The third-order valence-electron chi connectivity index (χ3n) is 14.2. The summed E-state index contributed by atoms with van der Waals surface area (Å²) >= 11 is 0. The van der Waals surface area contributed by atoms with Gasteiger partial charge in [0, 0.05) is 94.7 Å². The maximum atomic E-state index is 4.87. The second kappa shape index (κ2) is 35.5. The Labute approximate surface area is 502 Å². The van der Waals surface area contributed by atoms with E-state index in [1.165, 1.54) is 72.3 Å². The number of hydrogen-bond acceptors (Lipinski definition) is 10. The molecule has 0 amide bonds. The first kappa shape index (κ1) is 67.2. The molecule has 8 aromatic heterocycles. The van der Waals surface area contributed by atoms with Crippen LogP contribution in [0.2, 0.25) is 0 Å². The molecule has 0 fully saturated rings. The Morgan fingerprint density at radius 2 is 0.738 bits per heavy atom. The number of benzene rings is 3. The van der Waals surface area contributed by atoms with Crippen molar-refractivity contribution in [3.8, 4) is 33.8 Å². The van der Waals surface area contributed by atoms with E-state index < -0.39 is 0 Å². The quantitative estimate of drug-likeness (QED) is 0.169. The zero-order valence-electron chi connectivity index (χ0n) is 52.9. The number of rotatable bonds is 3. The molecule has 8 heterocycles. The van der Waals surface area contributed by atoms with E-state index in [-0.39, 0.29) is 0 Å². The van der Waals surface area contributed by atoms with Crippen molar-refractivity contribution in [2.24, 2.45) is 0 Å². The highest BCUT2D eigenvalue weighted by molar-refractivity contribution is 5.70. The molecular weight excluding hydrogens is 1030 g/mol. The van der Waals surface area contributed by atoms with Gasteiger partial charge in [-0.3, -0.25) is 24.9 Å². The summed E-state index contributed by atoms with van der Waals surface area (Å²) in [7, 11) is 0. The summed E-state index contributed by atoms with van der Waals surface area (Å²) in [6.45, 7) is 37.1. The predicted molar refractivity (Wildman–Crippen MR) is 351 cm³/mol. The molecule has 3 aromatic carbocycles. The first-order chi connectivity index (χ1) is 40.2. The van der Waals surface area contributed by atoms with Gasteiger partial charge in [0.05, 0.1) is 17.1 Å². The van der Waals surface area contributed by atoms with Gasteiger partial charge in [-0.15, -0.1) is 0 Å².